The van der Waals surface area contributed by atoms with Crippen molar-refractivity contribution in [2.75, 3.05) is 39.0 Å². The summed E-state index contributed by atoms with van der Waals surface area (Å²) in [6.07, 6.45) is 18.0. The number of hydrogen-bond acceptors (Lipinski definition) is 0. The van der Waals surface area contributed by atoms with E-state index in [1.807, 2.05) is 72.8 Å². The van der Waals surface area contributed by atoms with Gasteiger partial charge in [0.1, 0.15) is 0 Å². The van der Waals surface area contributed by atoms with Crippen molar-refractivity contribution in [2.45, 2.75) is 0 Å². The summed E-state index contributed by atoms with van der Waals surface area (Å²) in [5, 5.41) is 9.03. The first-order valence-electron chi connectivity index (χ1n) is 13.7. The van der Waals surface area contributed by atoms with Gasteiger partial charge in [0.05, 0.1) is 12.3 Å². The Morgan fingerprint density at radius 3 is 0.905 bits per heavy atom. The van der Waals surface area contributed by atoms with Crippen LogP contribution in [-0.2, 0) is 44.8 Å². The maximum Gasteiger partial charge on any atom is 1.00 e. The van der Waals surface area contributed by atoms with E-state index in [9.17, 15) is 0 Å². The summed E-state index contributed by atoms with van der Waals surface area (Å²) in [5.41, 5.74) is 1.77. The van der Waals surface area contributed by atoms with Crippen LogP contribution >= 0.6 is 15.8 Å². The van der Waals surface area contributed by atoms with Gasteiger partial charge in [0.15, 0.2) is 0 Å². The van der Waals surface area contributed by atoms with Crippen LogP contribution < -0.4 is 0 Å². The first-order chi connectivity index (χ1) is 19.4. The van der Waals surface area contributed by atoms with E-state index in [1.165, 1.54) is 12.3 Å². The topological polar surface area (TPSA) is 0 Å². The molecule has 0 saturated heterocycles. The molecule has 218 valence electrons. The fraction of sp³-hybridized carbons (Fsp3) is 0.158. The fourth-order valence-electron chi connectivity index (χ4n) is 4.80. The standard InChI is InChI=1S/2C16H9.C6H16P2.2Ag/c2*1-2-14-15-9-5-3-7-12(15)11-13-8-4-6-10-16(13)14;1-7(2)5-6-8(3)4;;/h2*3-11H;5-6H2,1-4H3;;/q2*-1;;2*+1/p+2. The Balaban J connectivity index is 0.000000228. The molecule has 0 N–H and O–H groups in total. The summed E-state index contributed by atoms with van der Waals surface area (Å²) < 4.78 is 0. The smallest absolute Gasteiger partial charge is 0.366 e. The average molecular weight is 770 g/mol. The molecule has 0 saturated carbocycles. The van der Waals surface area contributed by atoms with Crippen LogP contribution in [0.5, 0.6) is 0 Å². The van der Waals surface area contributed by atoms with Crippen LogP contribution in [0, 0.1) is 24.7 Å². The molecule has 0 unspecified atom stereocenters. The van der Waals surface area contributed by atoms with Crippen molar-refractivity contribution in [2.24, 2.45) is 0 Å². The molecule has 0 bridgehead atoms. The average Bonchev–Trinajstić information content (AvgIpc) is 2.98. The predicted octanol–water partition coefficient (Wildman–Crippen LogP) is 9.79. The SMILES string of the molecule is C[PH+](C)CC[PH+](C)C.[Ag+].[Ag+].[C-]#Cc1c2ccccc2cc2ccccc12.[C-]#Cc1c2ccccc2cc2ccccc12. The molecule has 0 spiro atoms. The Bertz CT molecular complexity index is 1600. The number of fused-ring (bicyclic) bond motifs is 4. The maximum atomic E-state index is 7.46. The van der Waals surface area contributed by atoms with E-state index in [0.29, 0.717) is 0 Å². The largest absolute Gasteiger partial charge is 1.00 e. The van der Waals surface area contributed by atoms with Gasteiger partial charge in [0, 0.05) is 26.7 Å². The predicted molar refractivity (Wildman–Crippen MR) is 185 cm³/mol. The molecular formula is C38H36Ag2P2+2. The van der Waals surface area contributed by atoms with Crippen molar-refractivity contribution < 1.29 is 44.8 Å². The number of hydrogen-bond donors (Lipinski definition) is 0. The second kappa shape index (κ2) is 17.8. The van der Waals surface area contributed by atoms with E-state index < -0.39 is 0 Å². The van der Waals surface area contributed by atoms with Gasteiger partial charge < -0.3 is 12.8 Å². The van der Waals surface area contributed by atoms with Crippen LogP contribution in [0.1, 0.15) is 11.1 Å². The minimum atomic E-state index is 0. The second-order valence-corrected chi connectivity index (χ2v) is 16.4. The van der Waals surface area contributed by atoms with Gasteiger partial charge in [0.25, 0.3) is 0 Å². The molecule has 0 aliphatic heterocycles. The van der Waals surface area contributed by atoms with E-state index in [2.05, 4.69) is 74.9 Å². The molecule has 0 heterocycles. The van der Waals surface area contributed by atoms with Crippen molar-refractivity contribution in [3.05, 3.63) is 133 Å². The van der Waals surface area contributed by atoms with Crippen LogP contribution in [0.4, 0.5) is 0 Å². The van der Waals surface area contributed by atoms with Crippen LogP contribution in [0.15, 0.2) is 109 Å². The summed E-state index contributed by atoms with van der Waals surface area (Å²) >= 11 is 0. The normalized spacial score (nSPS) is 10.1. The monoisotopic (exact) mass is 768 g/mol. The maximum absolute atomic E-state index is 7.46. The second-order valence-electron chi connectivity index (χ2n) is 10.6. The van der Waals surface area contributed by atoms with Gasteiger partial charge in [-0.2, -0.15) is 0 Å². The van der Waals surface area contributed by atoms with E-state index in [4.69, 9.17) is 12.8 Å². The van der Waals surface area contributed by atoms with Gasteiger partial charge in [-0.25, -0.2) is 0 Å². The van der Waals surface area contributed by atoms with Gasteiger partial charge in [0.2, 0.25) is 0 Å². The molecule has 0 aliphatic carbocycles. The van der Waals surface area contributed by atoms with Gasteiger partial charge in [-0.15, -0.1) is 11.1 Å². The van der Waals surface area contributed by atoms with E-state index in [-0.39, 0.29) is 60.6 Å². The van der Waals surface area contributed by atoms with Crippen molar-refractivity contribution in [1.29, 1.82) is 0 Å². The molecule has 0 aromatic heterocycles. The van der Waals surface area contributed by atoms with Gasteiger partial charge >= 0.3 is 44.8 Å². The Morgan fingerprint density at radius 1 is 0.452 bits per heavy atom. The first kappa shape index (κ1) is 36.0. The molecule has 0 atom stereocenters. The summed E-state index contributed by atoms with van der Waals surface area (Å²) in [6.45, 7) is 9.59. The zero-order chi connectivity index (χ0) is 28.5. The third-order valence-electron chi connectivity index (χ3n) is 6.92. The minimum absolute atomic E-state index is 0. The Morgan fingerprint density at radius 2 is 0.690 bits per heavy atom. The summed E-state index contributed by atoms with van der Waals surface area (Å²) in [5.74, 6) is 5.13. The van der Waals surface area contributed by atoms with Gasteiger partial charge in [-0.05, 0) is 49.5 Å². The summed E-state index contributed by atoms with van der Waals surface area (Å²) in [7, 11) is 0.191. The van der Waals surface area contributed by atoms with Crippen molar-refractivity contribution in [1.82, 2.24) is 0 Å². The van der Waals surface area contributed by atoms with Crippen LogP contribution in [-0.4, -0.2) is 39.0 Å². The molecule has 0 aliphatic rings. The molecule has 0 radical (unpaired) electrons. The molecular weight excluding hydrogens is 734 g/mol. The van der Waals surface area contributed by atoms with Gasteiger partial charge in [-0.1, -0.05) is 119 Å². The van der Waals surface area contributed by atoms with Crippen LogP contribution in [0.2, 0.25) is 0 Å². The molecule has 42 heavy (non-hydrogen) atoms. The first-order valence-corrected chi connectivity index (χ1v) is 19.1. The van der Waals surface area contributed by atoms with Crippen molar-refractivity contribution in [3.8, 4) is 11.8 Å². The molecule has 6 aromatic carbocycles. The van der Waals surface area contributed by atoms with Crippen LogP contribution in [0.25, 0.3) is 43.1 Å². The third-order valence-corrected chi connectivity index (χ3v) is 9.92. The van der Waals surface area contributed by atoms with Crippen molar-refractivity contribution in [3.63, 3.8) is 0 Å². The van der Waals surface area contributed by atoms with Gasteiger partial charge in [-0.3, -0.25) is 11.8 Å². The minimum Gasteiger partial charge on any atom is -0.366 e. The Kier molecular flexibility index (Phi) is 15.3. The number of rotatable bonds is 3. The molecule has 0 fully saturated rings. The number of benzene rings is 6. The van der Waals surface area contributed by atoms with E-state index >= 15 is 0 Å². The van der Waals surface area contributed by atoms with E-state index in [1.54, 1.807) is 0 Å². The zero-order valence-electron chi connectivity index (χ0n) is 24.4. The Hall–Kier alpha value is -2.18. The molecule has 0 amide bonds. The summed E-state index contributed by atoms with van der Waals surface area (Å²) in [6, 6.07) is 36.8. The zero-order valence-corrected chi connectivity index (χ0v) is 29.4. The molecule has 6 rings (SSSR count). The van der Waals surface area contributed by atoms with Crippen molar-refractivity contribution >= 4 is 58.9 Å². The van der Waals surface area contributed by atoms with Crippen LogP contribution in [0.3, 0.4) is 0 Å². The Labute approximate surface area is 285 Å². The quantitative estimate of drug-likeness (QED) is 0.0553. The van der Waals surface area contributed by atoms with E-state index in [0.717, 1.165) is 54.2 Å². The summed E-state index contributed by atoms with van der Waals surface area (Å²) in [4.78, 5) is 0. The fourth-order valence-corrected chi connectivity index (χ4v) is 8.80. The molecule has 6 aromatic rings. The third kappa shape index (κ3) is 9.16. The molecule has 0 nitrogen and oxygen atoms in total. The molecule has 4 heteroatoms.